The minimum Gasteiger partial charge on any atom is -0.329 e. The third-order valence-electron chi connectivity index (χ3n) is 3.69. The molecule has 1 N–H and O–H groups in total. The van der Waals surface area contributed by atoms with Crippen molar-refractivity contribution in [3.63, 3.8) is 0 Å². The highest BCUT2D eigenvalue weighted by molar-refractivity contribution is 5.99. The smallest absolute Gasteiger partial charge is 0.254 e. The van der Waals surface area contributed by atoms with Crippen molar-refractivity contribution in [2.45, 2.75) is 13.3 Å². The van der Waals surface area contributed by atoms with Crippen LogP contribution in [0.1, 0.15) is 29.3 Å². The molecule has 0 fully saturated rings. The van der Waals surface area contributed by atoms with E-state index >= 15 is 0 Å². The SMILES string of the molecule is CCCN(CC(=O)Nc1ccc(F)c(F)c1F)C(=O)c1ccc(C#N)cc1. The number of carbonyl (C=O) groups is 2. The lowest BCUT2D eigenvalue weighted by Crippen LogP contribution is -2.38. The topological polar surface area (TPSA) is 73.2 Å². The van der Waals surface area contributed by atoms with Gasteiger partial charge in [-0.3, -0.25) is 9.59 Å². The Hall–Kier alpha value is -3.34. The van der Waals surface area contributed by atoms with Gasteiger partial charge in [-0.2, -0.15) is 5.26 Å². The third kappa shape index (κ3) is 4.85. The maximum Gasteiger partial charge on any atom is 0.254 e. The number of nitrogens with one attached hydrogen (secondary N) is 1. The van der Waals surface area contributed by atoms with Crippen LogP contribution < -0.4 is 5.32 Å². The van der Waals surface area contributed by atoms with Gasteiger partial charge in [0.2, 0.25) is 5.91 Å². The molecular formula is C19H16F3N3O2. The number of rotatable bonds is 6. The number of anilines is 1. The van der Waals surface area contributed by atoms with Crippen LogP contribution in [0.2, 0.25) is 0 Å². The highest BCUT2D eigenvalue weighted by atomic mass is 19.2. The molecule has 2 aromatic rings. The number of halogens is 3. The largest absolute Gasteiger partial charge is 0.329 e. The summed E-state index contributed by atoms with van der Waals surface area (Å²) in [5.74, 6) is -5.76. The minimum absolute atomic E-state index is 0.256. The van der Waals surface area contributed by atoms with Gasteiger partial charge in [0.05, 0.1) is 17.3 Å². The van der Waals surface area contributed by atoms with Gasteiger partial charge in [0.15, 0.2) is 17.5 Å². The molecule has 2 aromatic carbocycles. The Morgan fingerprint density at radius 3 is 2.33 bits per heavy atom. The normalized spacial score (nSPS) is 10.2. The maximum absolute atomic E-state index is 13.7. The van der Waals surface area contributed by atoms with Crippen molar-refractivity contribution in [3.8, 4) is 6.07 Å². The van der Waals surface area contributed by atoms with Gasteiger partial charge in [0, 0.05) is 12.1 Å². The molecule has 0 aromatic heterocycles. The van der Waals surface area contributed by atoms with E-state index < -0.39 is 41.5 Å². The zero-order valence-electron chi connectivity index (χ0n) is 14.4. The first-order valence-electron chi connectivity index (χ1n) is 8.10. The summed E-state index contributed by atoms with van der Waals surface area (Å²) in [6.45, 7) is 1.67. The fourth-order valence-electron chi connectivity index (χ4n) is 2.38. The van der Waals surface area contributed by atoms with Crippen LogP contribution in [0.4, 0.5) is 18.9 Å². The fourth-order valence-corrected chi connectivity index (χ4v) is 2.38. The molecular weight excluding hydrogens is 359 g/mol. The molecule has 27 heavy (non-hydrogen) atoms. The lowest BCUT2D eigenvalue weighted by atomic mass is 10.1. The van der Waals surface area contributed by atoms with Crippen LogP contribution in [0.15, 0.2) is 36.4 Å². The van der Waals surface area contributed by atoms with Crippen molar-refractivity contribution < 1.29 is 22.8 Å². The Bertz CT molecular complexity index is 892. The highest BCUT2D eigenvalue weighted by Crippen LogP contribution is 2.19. The molecule has 0 unspecified atom stereocenters. The molecule has 140 valence electrons. The summed E-state index contributed by atoms with van der Waals surface area (Å²) in [6, 6.07) is 9.43. The molecule has 2 amide bonds. The molecule has 0 bridgehead atoms. The molecule has 0 saturated carbocycles. The van der Waals surface area contributed by atoms with Crippen LogP contribution in [-0.2, 0) is 4.79 Å². The van der Waals surface area contributed by atoms with E-state index in [1.165, 1.54) is 29.2 Å². The van der Waals surface area contributed by atoms with Crippen molar-refractivity contribution in [2.24, 2.45) is 0 Å². The Balaban J connectivity index is 2.12. The van der Waals surface area contributed by atoms with Gasteiger partial charge in [-0.25, -0.2) is 13.2 Å². The molecule has 0 aliphatic heterocycles. The Kier molecular flexibility index (Phi) is 6.55. The van der Waals surface area contributed by atoms with Gasteiger partial charge in [0.1, 0.15) is 6.54 Å². The van der Waals surface area contributed by atoms with Gasteiger partial charge in [-0.1, -0.05) is 6.92 Å². The lowest BCUT2D eigenvalue weighted by molar-refractivity contribution is -0.116. The van der Waals surface area contributed by atoms with E-state index in [2.05, 4.69) is 5.32 Å². The average molecular weight is 375 g/mol. The molecule has 0 aliphatic carbocycles. The van der Waals surface area contributed by atoms with E-state index in [1.54, 1.807) is 0 Å². The fraction of sp³-hybridized carbons (Fsp3) is 0.211. The number of nitrogens with zero attached hydrogens (tertiary/aromatic N) is 2. The number of carbonyl (C=O) groups excluding carboxylic acids is 2. The maximum atomic E-state index is 13.7. The second-order valence-electron chi connectivity index (χ2n) is 5.69. The zero-order valence-corrected chi connectivity index (χ0v) is 14.4. The van der Waals surface area contributed by atoms with Gasteiger partial charge in [-0.05, 0) is 42.8 Å². The van der Waals surface area contributed by atoms with Crippen molar-refractivity contribution in [1.82, 2.24) is 4.90 Å². The molecule has 0 spiro atoms. The van der Waals surface area contributed by atoms with Gasteiger partial charge < -0.3 is 10.2 Å². The summed E-state index contributed by atoms with van der Waals surface area (Å²) in [4.78, 5) is 26.0. The average Bonchev–Trinajstić information content (AvgIpc) is 2.67. The summed E-state index contributed by atoms with van der Waals surface area (Å²) in [5.41, 5.74) is 0.163. The van der Waals surface area contributed by atoms with Gasteiger partial charge >= 0.3 is 0 Å². The summed E-state index contributed by atoms with van der Waals surface area (Å²) < 4.78 is 39.9. The van der Waals surface area contributed by atoms with Crippen LogP contribution in [0.5, 0.6) is 0 Å². The van der Waals surface area contributed by atoms with Crippen LogP contribution in [0, 0.1) is 28.8 Å². The van der Waals surface area contributed by atoms with E-state index in [0.29, 0.717) is 18.1 Å². The lowest BCUT2D eigenvalue weighted by Gasteiger charge is -2.22. The molecule has 0 heterocycles. The molecule has 0 saturated heterocycles. The van der Waals surface area contributed by atoms with E-state index in [1.807, 2.05) is 13.0 Å². The van der Waals surface area contributed by atoms with Crippen molar-refractivity contribution in [2.75, 3.05) is 18.4 Å². The van der Waals surface area contributed by atoms with E-state index in [9.17, 15) is 22.8 Å². The Morgan fingerprint density at radius 2 is 1.74 bits per heavy atom. The van der Waals surface area contributed by atoms with E-state index in [4.69, 9.17) is 5.26 Å². The minimum atomic E-state index is -1.69. The number of hydrogen-bond donors (Lipinski definition) is 1. The summed E-state index contributed by atoms with van der Waals surface area (Å²) in [5, 5.41) is 10.9. The summed E-state index contributed by atoms with van der Waals surface area (Å²) in [6.07, 6.45) is 0.564. The van der Waals surface area contributed by atoms with Crippen LogP contribution in [-0.4, -0.2) is 29.8 Å². The van der Waals surface area contributed by atoms with Crippen molar-refractivity contribution in [1.29, 1.82) is 5.26 Å². The first kappa shape index (κ1) is 20.0. The predicted octanol–water partition coefficient (Wildman–Crippen LogP) is 3.47. The number of amides is 2. The number of nitriles is 1. The van der Waals surface area contributed by atoms with Crippen LogP contribution in [0.25, 0.3) is 0 Å². The van der Waals surface area contributed by atoms with Gasteiger partial charge in [0.25, 0.3) is 5.91 Å². The quantitative estimate of drug-likeness (QED) is 0.786. The molecule has 0 radical (unpaired) electrons. The van der Waals surface area contributed by atoms with Crippen LogP contribution in [0.3, 0.4) is 0 Å². The monoisotopic (exact) mass is 375 g/mol. The third-order valence-corrected chi connectivity index (χ3v) is 3.69. The first-order valence-corrected chi connectivity index (χ1v) is 8.10. The Labute approximate surface area is 154 Å². The second-order valence-corrected chi connectivity index (χ2v) is 5.69. The second kappa shape index (κ2) is 8.85. The highest BCUT2D eigenvalue weighted by Gasteiger charge is 2.20. The number of hydrogen-bond acceptors (Lipinski definition) is 3. The molecule has 2 rings (SSSR count). The molecule has 8 heteroatoms. The molecule has 0 aliphatic rings. The first-order chi connectivity index (χ1) is 12.9. The zero-order chi connectivity index (χ0) is 20.0. The summed E-state index contributed by atoms with van der Waals surface area (Å²) >= 11 is 0. The van der Waals surface area contributed by atoms with E-state index in [0.717, 1.165) is 6.07 Å². The molecule has 5 nitrogen and oxygen atoms in total. The van der Waals surface area contributed by atoms with E-state index in [-0.39, 0.29) is 12.1 Å². The van der Waals surface area contributed by atoms with Crippen molar-refractivity contribution in [3.05, 3.63) is 65.0 Å². The van der Waals surface area contributed by atoms with Crippen molar-refractivity contribution >= 4 is 17.5 Å². The number of benzene rings is 2. The molecule has 0 atom stereocenters. The van der Waals surface area contributed by atoms with Crippen LogP contribution >= 0.6 is 0 Å². The standard InChI is InChI=1S/C19H16F3N3O2/c1-2-9-25(19(27)13-5-3-12(10-23)4-6-13)11-16(26)24-15-8-7-14(20)17(21)18(15)22/h3-8H,2,9,11H2,1H3,(H,24,26). The predicted molar refractivity (Wildman–Crippen MR) is 92.3 cm³/mol. The summed E-state index contributed by atoms with van der Waals surface area (Å²) in [7, 11) is 0. The Morgan fingerprint density at radius 1 is 1.07 bits per heavy atom. The van der Waals surface area contributed by atoms with Gasteiger partial charge in [-0.15, -0.1) is 0 Å².